The standard InChI is InChI=1S/C22H34N2O6Si/c1-8-28-20(26)10-9-16-13-19(24-12-11-18(25)23-21(24)27)30-17(16)14-29-31(6,7)22(4,5)15(2)3/h9-13,15,17,19H,8,14H2,1-7H3,(H,23,25,27)/b10-9+/t17-,19-/m0/s1. The predicted octanol–water partition coefficient (Wildman–Crippen LogP) is 3.14. The molecule has 1 aliphatic rings. The van der Waals surface area contributed by atoms with Crippen molar-refractivity contribution < 1.29 is 18.7 Å². The quantitative estimate of drug-likeness (QED) is 0.352. The van der Waals surface area contributed by atoms with Crippen molar-refractivity contribution in [3.63, 3.8) is 0 Å². The Balaban J connectivity index is 2.27. The second kappa shape index (κ2) is 9.93. The molecule has 0 bridgehead atoms. The van der Waals surface area contributed by atoms with Crippen LogP contribution >= 0.6 is 0 Å². The van der Waals surface area contributed by atoms with Gasteiger partial charge in [-0.3, -0.25) is 14.3 Å². The first-order valence-electron chi connectivity index (χ1n) is 10.6. The highest BCUT2D eigenvalue weighted by Gasteiger charge is 2.44. The monoisotopic (exact) mass is 450 g/mol. The molecule has 0 aliphatic carbocycles. The van der Waals surface area contributed by atoms with Crippen molar-refractivity contribution in [3.05, 3.63) is 56.9 Å². The van der Waals surface area contributed by atoms with Gasteiger partial charge in [0.15, 0.2) is 14.5 Å². The first-order valence-corrected chi connectivity index (χ1v) is 13.5. The van der Waals surface area contributed by atoms with Crippen molar-refractivity contribution in [3.8, 4) is 0 Å². The maximum atomic E-state index is 12.2. The lowest BCUT2D eigenvalue weighted by Crippen LogP contribution is -2.46. The number of aromatic nitrogens is 2. The van der Waals surface area contributed by atoms with Crippen LogP contribution in [0, 0.1) is 5.92 Å². The highest BCUT2D eigenvalue weighted by atomic mass is 28.4. The molecule has 0 saturated carbocycles. The Hall–Kier alpha value is -2.23. The van der Waals surface area contributed by atoms with Gasteiger partial charge in [-0.15, -0.1) is 0 Å². The molecule has 0 saturated heterocycles. The lowest BCUT2D eigenvalue weighted by molar-refractivity contribution is -0.137. The smallest absolute Gasteiger partial charge is 0.330 e. The summed E-state index contributed by atoms with van der Waals surface area (Å²) in [5, 5.41) is 0.0332. The van der Waals surface area contributed by atoms with Gasteiger partial charge in [-0.2, -0.15) is 0 Å². The Morgan fingerprint density at radius 1 is 1.35 bits per heavy atom. The van der Waals surface area contributed by atoms with Gasteiger partial charge < -0.3 is 13.9 Å². The third-order valence-corrected chi connectivity index (χ3v) is 11.0. The fourth-order valence-electron chi connectivity index (χ4n) is 3.15. The van der Waals surface area contributed by atoms with Gasteiger partial charge in [-0.05, 0) is 48.7 Å². The molecule has 1 aromatic heterocycles. The van der Waals surface area contributed by atoms with Crippen LogP contribution in [0.1, 0.15) is 40.8 Å². The van der Waals surface area contributed by atoms with Crippen molar-refractivity contribution in [2.75, 3.05) is 13.2 Å². The molecule has 2 rings (SSSR count). The molecular weight excluding hydrogens is 416 g/mol. The summed E-state index contributed by atoms with van der Waals surface area (Å²) in [6.07, 6.45) is 4.91. The summed E-state index contributed by atoms with van der Waals surface area (Å²) in [6.45, 7) is 15.5. The van der Waals surface area contributed by atoms with Crippen molar-refractivity contribution >= 4 is 14.3 Å². The summed E-state index contributed by atoms with van der Waals surface area (Å²) >= 11 is 0. The van der Waals surface area contributed by atoms with Crippen LogP contribution < -0.4 is 11.2 Å². The number of rotatable bonds is 9. The minimum absolute atomic E-state index is 0.0332. The Morgan fingerprint density at radius 2 is 2.03 bits per heavy atom. The Morgan fingerprint density at radius 3 is 2.61 bits per heavy atom. The van der Waals surface area contributed by atoms with Crippen molar-refractivity contribution in [2.24, 2.45) is 5.92 Å². The topological polar surface area (TPSA) is 99.6 Å². The van der Waals surface area contributed by atoms with E-state index in [1.807, 2.05) is 0 Å². The van der Waals surface area contributed by atoms with Crippen LogP contribution in [-0.4, -0.2) is 43.2 Å². The van der Waals surface area contributed by atoms with Gasteiger partial charge in [0.2, 0.25) is 0 Å². The van der Waals surface area contributed by atoms with Crippen LogP contribution in [-0.2, 0) is 18.7 Å². The van der Waals surface area contributed by atoms with Crippen molar-refractivity contribution in [1.82, 2.24) is 9.55 Å². The molecule has 172 valence electrons. The summed E-state index contributed by atoms with van der Waals surface area (Å²) in [5.74, 6) is -0.00627. The maximum absolute atomic E-state index is 12.2. The molecule has 8 nitrogen and oxygen atoms in total. The Bertz CT molecular complexity index is 957. The molecular formula is C22H34N2O6Si. The van der Waals surface area contributed by atoms with Crippen LogP contribution in [0.15, 0.2) is 45.7 Å². The number of hydrogen-bond acceptors (Lipinski definition) is 6. The molecule has 0 spiro atoms. The maximum Gasteiger partial charge on any atom is 0.330 e. The van der Waals surface area contributed by atoms with Crippen molar-refractivity contribution in [1.29, 1.82) is 0 Å². The molecule has 1 aromatic rings. The van der Waals surface area contributed by atoms with Gasteiger partial charge in [-0.25, -0.2) is 9.59 Å². The number of esters is 1. The number of H-pyrrole nitrogens is 1. The second-order valence-corrected chi connectivity index (χ2v) is 13.6. The molecule has 0 aromatic carbocycles. The number of nitrogens with one attached hydrogen (secondary N) is 1. The average molecular weight is 451 g/mol. The molecule has 1 aliphatic heterocycles. The van der Waals surface area contributed by atoms with E-state index in [-0.39, 0.29) is 11.6 Å². The summed E-state index contributed by atoms with van der Waals surface area (Å²) in [6, 6.07) is 1.26. The first kappa shape index (κ1) is 25.0. The zero-order chi connectivity index (χ0) is 23.4. The summed E-state index contributed by atoms with van der Waals surface area (Å²) < 4.78 is 18.8. The van der Waals surface area contributed by atoms with Crippen LogP contribution in [0.3, 0.4) is 0 Å². The van der Waals surface area contributed by atoms with E-state index in [9.17, 15) is 14.4 Å². The van der Waals surface area contributed by atoms with Crippen LogP contribution in [0.4, 0.5) is 0 Å². The van der Waals surface area contributed by atoms with Crippen LogP contribution in [0.2, 0.25) is 18.1 Å². The Kier molecular flexibility index (Phi) is 8.02. The SMILES string of the molecule is CCOC(=O)/C=C/C1=C[C@@H](n2ccc(=O)[nH]c2=O)O[C@H]1CO[Si](C)(C)C(C)(C)C(C)C. The summed E-state index contributed by atoms with van der Waals surface area (Å²) in [5.41, 5.74) is -0.336. The highest BCUT2D eigenvalue weighted by Crippen LogP contribution is 2.45. The van der Waals surface area contributed by atoms with Gasteiger partial charge in [0.25, 0.3) is 5.56 Å². The number of carbonyl (C=O) groups excluding carboxylic acids is 1. The highest BCUT2D eigenvalue weighted by molar-refractivity contribution is 6.74. The van der Waals surface area contributed by atoms with Gasteiger partial charge in [0, 0.05) is 18.3 Å². The predicted molar refractivity (Wildman–Crippen MR) is 121 cm³/mol. The number of ether oxygens (including phenoxy) is 2. The van der Waals surface area contributed by atoms with E-state index in [0.717, 1.165) is 0 Å². The van der Waals surface area contributed by atoms with E-state index in [1.165, 1.54) is 22.9 Å². The molecule has 0 unspecified atom stereocenters. The minimum Gasteiger partial charge on any atom is -0.463 e. The second-order valence-electron chi connectivity index (χ2n) is 8.98. The molecule has 0 amide bonds. The van der Waals surface area contributed by atoms with Gasteiger partial charge in [0.05, 0.1) is 13.2 Å². The van der Waals surface area contributed by atoms with E-state index in [0.29, 0.717) is 18.1 Å². The van der Waals surface area contributed by atoms with E-state index in [1.54, 1.807) is 19.1 Å². The molecule has 1 N–H and O–H groups in total. The lowest BCUT2D eigenvalue weighted by atomic mass is 9.99. The third-order valence-electron chi connectivity index (χ3n) is 6.42. The lowest BCUT2D eigenvalue weighted by Gasteiger charge is -2.43. The molecule has 0 fully saturated rings. The molecule has 2 heterocycles. The largest absolute Gasteiger partial charge is 0.463 e. The normalized spacial score (nSPS) is 19.8. The first-order chi connectivity index (χ1) is 14.4. The zero-order valence-corrected chi connectivity index (χ0v) is 20.4. The van der Waals surface area contributed by atoms with Crippen molar-refractivity contribution in [2.45, 2.75) is 65.1 Å². The number of carbonyl (C=O) groups is 1. The molecule has 0 radical (unpaired) electrons. The van der Waals surface area contributed by atoms with Gasteiger partial charge in [-0.1, -0.05) is 27.7 Å². The zero-order valence-electron chi connectivity index (χ0n) is 19.4. The Labute approximate surface area is 184 Å². The van der Waals surface area contributed by atoms with Crippen LogP contribution in [0.5, 0.6) is 0 Å². The average Bonchev–Trinajstić information content (AvgIpc) is 3.07. The number of aromatic amines is 1. The van der Waals surface area contributed by atoms with Gasteiger partial charge >= 0.3 is 11.7 Å². The van der Waals surface area contributed by atoms with E-state index in [2.05, 4.69) is 45.8 Å². The molecule has 31 heavy (non-hydrogen) atoms. The van der Waals surface area contributed by atoms with E-state index >= 15 is 0 Å². The van der Waals surface area contributed by atoms with E-state index < -0.39 is 37.9 Å². The van der Waals surface area contributed by atoms with Crippen LogP contribution in [0.25, 0.3) is 0 Å². The summed E-state index contributed by atoms with van der Waals surface area (Å²) in [4.78, 5) is 37.6. The summed E-state index contributed by atoms with van der Waals surface area (Å²) in [7, 11) is -2.11. The molecule has 2 atom stereocenters. The fourth-order valence-corrected chi connectivity index (χ4v) is 5.48. The van der Waals surface area contributed by atoms with E-state index in [4.69, 9.17) is 13.9 Å². The third kappa shape index (κ3) is 5.93. The minimum atomic E-state index is -2.11. The fraction of sp³-hybridized carbons (Fsp3) is 0.591. The van der Waals surface area contributed by atoms with Gasteiger partial charge in [0.1, 0.15) is 6.10 Å². The number of hydrogen-bond donors (Lipinski definition) is 1. The number of nitrogens with zero attached hydrogens (tertiary/aromatic N) is 1. The molecule has 9 heteroatoms.